The Morgan fingerprint density at radius 1 is 1.28 bits per heavy atom. The smallest absolute Gasteiger partial charge is 0.327 e. The van der Waals surface area contributed by atoms with Gasteiger partial charge in [0.25, 0.3) is 0 Å². The molecule has 214 valence electrons. The van der Waals surface area contributed by atoms with Crippen molar-refractivity contribution in [3.63, 3.8) is 0 Å². The number of nitrogens with zero attached hydrogens (tertiary/aromatic N) is 2. The maximum atomic E-state index is 10.9. The number of aliphatic carboxylic acids is 1. The van der Waals surface area contributed by atoms with Gasteiger partial charge < -0.3 is 34.3 Å². The summed E-state index contributed by atoms with van der Waals surface area (Å²) in [6.45, 7) is 7.47. The molecule has 9 nitrogen and oxygen atoms in total. The lowest BCUT2D eigenvalue weighted by molar-refractivity contribution is -0.131. The first kappa shape index (κ1) is 30.5. The third-order valence-corrected chi connectivity index (χ3v) is 7.08. The SMILES string of the molecule is COCCCOC(CNc1ccc(O[C@@H]2CCN(c3cc(OC)ncc3Cl)C[C@H]2C)cc1)C(C)C=CC(=O)O. The molecule has 1 saturated heterocycles. The zero-order valence-corrected chi connectivity index (χ0v) is 23.9. The Kier molecular flexibility index (Phi) is 12.2. The van der Waals surface area contributed by atoms with Crippen molar-refractivity contribution in [3.8, 4) is 11.6 Å². The molecule has 39 heavy (non-hydrogen) atoms. The standard InChI is InChI=1S/C29H40ClN3O6/c1-20(6-11-29(34)35)27(38-15-5-14-36-3)18-31-22-7-9-23(10-8-22)39-26-12-13-33(19-21(26)2)25-16-28(37-4)32-17-24(25)30/h6-11,16-17,20-21,26-27,31H,5,12-15,18-19H2,1-4H3,(H,34,35)/t20?,21-,26-,27?/m1/s1. The highest BCUT2D eigenvalue weighted by molar-refractivity contribution is 6.33. The lowest BCUT2D eigenvalue weighted by Gasteiger charge is -2.38. The van der Waals surface area contributed by atoms with Gasteiger partial charge in [0.15, 0.2) is 0 Å². The predicted octanol–water partition coefficient (Wildman–Crippen LogP) is 5.15. The number of halogens is 1. The molecular weight excluding hydrogens is 522 g/mol. The van der Waals surface area contributed by atoms with Crippen LogP contribution in [0.5, 0.6) is 11.6 Å². The molecular formula is C29H40ClN3O6. The maximum absolute atomic E-state index is 10.9. The van der Waals surface area contributed by atoms with Crippen LogP contribution in [0.4, 0.5) is 11.4 Å². The number of anilines is 2. The van der Waals surface area contributed by atoms with Gasteiger partial charge in [-0.05, 0) is 30.7 Å². The van der Waals surface area contributed by atoms with Gasteiger partial charge in [-0.2, -0.15) is 0 Å². The van der Waals surface area contributed by atoms with E-state index in [-0.39, 0.29) is 18.1 Å². The molecule has 10 heteroatoms. The molecule has 0 radical (unpaired) electrons. The monoisotopic (exact) mass is 561 g/mol. The van der Waals surface area contributed by atoms with Gasteiger partial charge in [0.1, 0.15) is 11.9 Å². The number of pyridine rings is 1. The van der Waals surface area contributed by atoms with Crippen LogP contribution >= 0.6 is 11.6 Å². The molecule has 1 aromatic heterocycles. The van der Waals surface area contributed by atoms with Crippen molar-refractivity contribution in [1.29, 1.82) is 0 Å². The summed E-state index contributed by atoms with van der Waals surface area (Å²) in [6.07, 6.45) is 6.00. The molecule has 1 aliphatic rings. The van der Waals surface area contributed by atoms with Crippen molar-refractivity contribution in [2.45, 2.75) is 38.9 Å². The van der Waals surface area contributed by atoms with Crippen LogP contribution in [0, 0.1) is 11.8 Å². The van der Waals surface area contributed by atoms with Gasteiger partial charge in [0, 0.05) is 76.0 Å². The molecule has 1 aliphatic heterocycles. The highest BCUT2D eigenvalue weighted by Gasteiger charge is 2.29. The van der Waals surface area contributed by atoms with E-state index in [1.807, 2.05) is 37.3 Å². The summed E-state index contributed by atoms with van der Waals surface area (Å²) in [5.74, 6) is 0.617. The minimum absolute atomic E-state index is 0.0748. The fraction of sp³-hybridized carbons (Fsp3) is 0.517. The van der Waals surface area contributed by atoms with E-state index in [2.05, 4.69) is 22.1 Å². The van der Waals surface area contributed by atoms with Crippen LogP contribution < -0.4 is 19.7 Å². The van der Waals surface area contributed by atoms with Crippen LogP contribution in [0.2, 0.25) is 5.02 Å². The molecule has 1 aromatic carbocycles. The molecule has 0 aliphatic carbocycles. The van der Waals surface area contributed by atoms with Crippen molar-refractivity contribution in [3.05, 3.63) is 53.7 Å². The number of hydrogen-bond acceptors (Lipinski definition) is 8. The van der Waals surface area contributed by atoms with E-state index in [4.69, 9.17) is 35.7 Å². The molecule has 1 fully saturated rings. The van der Waals surface area contributed by atoms with Crippen LogP contribution in [-0.4, -0.2) is 75.3 Å². The second-order valence-corrected chi connectivity index (χ2v) is 10.2. The van der Waals surface area contributed by atoms with Gasteiger partial charge in [-0.1, -0.05) is 31.5 Å². The molecule has 0 spiro atoms. The molecule has 2 unspecified atom stereocenters. The van der Waals surface area contributed by atoms with Gasteiger partial charge in [-0.25, -0.2) is 9.78 Å². The zero-order valence-electron chi connectivity index (χ0n) is 23.1. The van der Waals surface area contributed by atoms with Crippen LogP contribution in [-0.2, 0) is 14.3 Å². The molecule has 0 bridgehead atoms. The van der Waals surface area contributed by atoms with Crippen molar-refractivity contribution < 1.29 is 28.8 Å². The van der Waals surface area contributed by atoms with Crippen LogP contribution in [0.15, 0.2) is 48.7 Å². The van der Waals surface area contributed by atoms with E-state index >= 15 is 0 Å². The largest absolute Gasteiger partial charge is 0.490 e. The summed E-state index contributed by atoms with van der Waals surface area (Å²) < 4.78 is 22.7. The lowest BCUT2D eigenvalue weighted by Crippen LogP contribution is -2.44. The summed E-state index contributed by atoms with van der Waals surface area (Å²) >= 11 is 6.41. The van der Waals surface area contributed by atoms with Gasteiger partial charge in [0.05, 0.1) is 30.1 Å². The van der Waals surface area contributed by atoms with Crippen LogP contribution in [0.1, 0.15) is 26.7 Å². The van der Waals surface area contributed by atoms with E-state index in [1.54, 1.807) is 26.5 Å². The number of carboxylic acid groups (broad SMARTS) is 1. The average molecular weight is 562 g/mol. The van der Waals surface area contributed by atoms with Gasteiger partial charge in [-0.3, -0.25) is 0 Å². The first-order chi connectivity index (χ1) is 18.8. The van der Waals surface area contributed by atoms with Crippen molar-refractivity contribution in [1.82, 2.24) is 4.98 Å². The Labute approximate surface area is 236 Å². The molecule has 0 amide bonds. The third kappa shape index (κ3) is 9.60. The lowest BCUT2D eigenvalue weighted by atomic mass is 9.96. The number of rotatable bonds is 15. The Hall–Kier alpha value is -3.01. The summed E-state index contributed by atoms with van der Waals surface area (Å²) in [4.78, 5) is 17.4. The zero-order chi connectivity index (χ0) is 28.2. The minimum atomic E-state index is -0.968. The third-order valence-electron chi connectivity index (χ3n) is 6.79. The Balaban J connectivity index is 1.53. The van der Waals surface area contributed by atoms with Crippen LogP contribution in [0.3, 0.4) is 0 Å². The molecule has 4 atom stereocenters. The molecule has 3 rings (SSSR count). The van der Waals surface area contributed by atoms with Gasteiger partial charge in [-0.15, -0.1) is 0 Å². The predicted molar refractivity (Wildman–Crippen MR) is 153 cm³/mol. The number of piperidine rings is 1. The van der Waals surface area contributed by atoms with E-state index in [1.165, 1.54) is 0 Å². The quantitative estimate of drug-likeness (QED) is 0.226. The molecule has 2 aromatic rings. The van der Waals surface area contributed by atoms with E-state index < -0.39 is 5.97 Å². The number of carbonyl (C=O) groups is 1. The van der Waals surface area contributed by atoms with Crippen LogP contribution in [0.25, 0.3) is 0 Å². The number of methoxy groups -OCH3 is 2. The number of carboxylic acids is 1. The number of aromatic nitrogens is 1. The second kappa shape index (κ2) is 15.5. The Morgan fingerprint density at radius 3 is 2.72 bits per heavy atom. The number of hydrogen-bond donors (Lipinski definition) is 2. The van der Waals surface area contributed by atoms with Crippen molar-refractivity contribution in [2.24, 2.45) is 11.8 Å². The van der Waals surface area contributed by atoms with Gasteiger partial charge >= 0.3 is 5.97 Å². The number of nitrogens with one attached hydrogen (secondary N) is 1. The maximum Gasteiger partial charge on any atom is 0.327 e. The van der Waals surface area contributed by atoms with Crippen molar-refractivity contribution >= 4 is 28.9 Å². The second-order valence-electron chi connectivity index (χ2n) is 9.76. The van der Waals surface area contributed by atoms with E-state index in [9.17, 15) is 4.79 Å². The van der Waals surface area contributed by atoms with Gasteiger partial charge in [0.2, 0.25) is 5.88 Å². The normalized spacial score (nSPS) is 19.1. The highest BCUT2D eigenvalue weighted by Crippen LogP contribution is 2.33. The Bertz CT molecular complexity index is 1070. The first-order valence-electron chi connectivity index (χ1n) is 13.3. The fourth-order valence-electron chi connectivity index (χ4n) is 4.52. The summed E-state index contributed by atoms with van der Waals surface area (Å²) in [5.41, 5.74) is 1.87. The molecule has 0 saturated carbocycles. The average Bonchev–Trinajstić information content (AvgIpc) is 2.93. The minimum Gasteiger partial charge on any atom is -0.490 e. The van der Waals surface area contributed by atoms with E-state index in [0.29, 0.717) is 36.6 Å². The summed E-state index contributed by atoms with van der Waals surface area (Å²) in [6, 6.07) is 9.78. The topological polar surface area (TPSA) is 102 Å². The summed E-state index contributed by atoms with van der Waals surface area (Å²) in [7, 11) is 3.25. The number of ether oxygens (including phenoxy) is 4. The summed E-state index contributed by atoms with van der Waals surface area (Å²) in [5, 5.41) is 13.0. The first-order valence-corrected chi connectivity index (χ1v) is 13.6. The molecule has 2 N–H and O–H groups in total. The van der Waals surface area contributed by atoms with Crippen molar-refractivity contribution in [2.75, 3.05) is 57.3 Å². The highest BCUT2D eigenvalue weighted by atomic mass is 35.5. The Morgan fingerprint density at radius 2 is 2.05 bits per heavy atom. The van der Waals surface area contributed by atoms with E-state index in [0.717, 1.165) is 49.1 Å². The number of benzene rings is 1. The molecule has 2 heterocycles. The fourth-order valence-corrected chi connectivity index (χ4v) is 4.74.